The van der Waals surface area contributed by atoms with E-state index in [0.29, 0.717) is 30.2 Å². The summed E-state index contributed by atoms with van der Waals surface area (Å²) in [5.74, 6) is 0.316. The van der Waals surface area contributed by atoms with E-state index in [-0.39, 0.29) is 24.0 Å². The lowest BCUT2D eigenvalue weighted by molar-refractivity contribution is 0.0189. The van der Waals surface area contributed by atoms with Gasteiger partial charge in [0.15, 0.2) is 0 Å². The highest BCUT2D eigenvalue weighted by Gasteiger charge is 2.30. The van der Waals surface area contributed by atoms with Crippen molar-refractivity contribution in [2.75, 3.05) is 13.1 Å². The van der Waals surface area contributed by atoms with E-state index in [9.17, 15) is 9.18 Å². The highest BCUT2D eigenvalue weighted by molar-refractivity contribution is 5.77. The Morgan fingerprint density at radius 1 is 0.974 bits per heavy atom. The number of para-hydroxylation sites is 1. The summed E-state index contributed by atoms with van der Waals surface area (Å²) in [6, 6.07) is 17.7. The first-order chi connectivity index (χ1) is 18.3. The topological polar surface area (TPSA) is 82.4 Å². The number of ether oxygens (including phenoxy) is 2. The molecule has 0 atom stereocenters. The van der Waals surface area contributed by atoms with E-state index in [4.69, 9.17) is 19.4 Å². The van der Waals surface area contributed by atoms with Crippen LogP contribution in [0.2, 0.25) is 0 Å². The average molecular weight is 516 g/mol. The molecule has 0 spiro atoms. The number of carbonyl (C=O) groups is 1. The molecule has 0 saturated carbocycles. The molecule has 1 aliphatic rings. The minimum atomic E-state index is -0.540. The number of likely N-dealkylation sites (tertiary alicyclic amines) is 1. The number of carbonyl (C=O) groups excluding carboxylic acids is 1. The fraction of sp³-hybridized carbons (Fsp3) is 0.310. The van der Waals surface area contributed by atoms with Gasteiger partial charge in [-0.3, -0.25) is 0 Å². The van der Waals surface area contributed by atoms with Crippen LogP contribution < -0.4 is 4.74 Å². The van der Waals surface area contributed by atoms with E-state index in [1.165, 1.54) is 12.1 Å². The highest BCUT2D eigenvalue weighted by Crippen LogP contribution is 2.36. The summed E-state index contributed by atoms with van der Waals surface area (Å²) < 4.78 is 27.2. The molecule has 0 aliphatic carbocycles. The van der Waals surface area contributed by atoms with Crippen molar-refractivity contribution in [3.8, 4) is 34.4 Å². The minimum Gasteiger partial charge on any atom is -0.444 e. The van der Waals surface area contributed by atoms with Gasteiger partial charge in [-0.15, -0.1) is 0 Å². The molecule has 5 rings (SSSR count). The smallest absolute Gasteiger partial charge is 0.410 e. The molecule has 9 heteroatoms. The molecule has 2 aromatic heterocycles. The Kier molecular flexibility index (Phi) is 7.09. The van der Waals surface area contributed by atoms with Crippen LogP contribution >= 0.6 is 0 Å². The van der Waals surface area contributed by atoms with Gasteiger partial charge in [0, 0.05) is 30.9 Å². The molecule has 0 N–H and O–H groups in total. The molecular formula is C29H30FN5O3. The van der Waals surface area contributed by atoms with Crippen LogP contribution in [0.25, 0.3) is 22.6 Å². The molecule has 3 heterocycles. The van der Waals surface area contributed by atoms with Crippen LogP contribution in [0.15, 0.2) is 73.2 Å². The number of benzene rings is 2. The Labute approximate surface area is 221 Å². The maximum atomic E-state index is 13.7. The molecule has 1 fully saturated rings. The molecule has 1 aliphatic heterocycles. The SMILES string of the molecule is CC(C)(C)OC(=O)N1CCC(n2cnc(-c3ccc(F)cc3)c2-c2ccnc(Oc3ccccc3)n2)CC1. The normalized spacial score (nSPS) is 14.4. The molecule has 8 nitrogen and oxygen atoms in total. The Balaban J connectivity index is 1.46. The predicted octanol–water partition coefficient (Wildman–Crippen LogP) is 6.51. The first-order valence-electron chi connectivity index (χ1n) is 12.6. The quantitative estimate of drug-likeness (QED) is 0.301. The molecular weight excluding hydrogens is 485 g/mol. The van der Waals surface area contributed by atoms with Gasteiger partial charge < -0.3 is 18.9 Å². The van der Waals surface area contributed by atoms with Gasteiger partial charge in [0.25, 0.3) is 0 Å². The van der Waals surface area contributed by atoms with Gasteiger partial charge in [-0.05, 0) is 76.1 Å². The van der Waals surface area contributed by atoms with Crippen molar-refractivity contribution < 1.29 is 18.7 Å². The van der Waals surface area contributed by atoms with E-state index in [1.54, 1.807) is 29.6 Å². The Morgan fingerprint density at radius 2 is 1.68 bits per heavy atom. The fourth-order valence-electron chi connectivity index (χ4n) is 4.48. The largest absolute Gasteiger partial charge is 0.444 e. The van der Waals surface area contributed by atoms with Gasteiger partial charge in [-0.2, -0.15) is 4.98 Å². The summed E-state index contributed by atoms with van der Waals surface area (Å²) in [6.45, 7) is 6.72. The van der Waals surface area contributed by atoms with Crippen molar-refractivity contribution in [2.45, 2.75) is 45.3 Å². The summed E-state index contributed by atoms with van der Waals surface area (Å²) in [4.78, 5) is 28.0. The molecule has 2 aromatic carbocycles. The van der Waals surface area contributed by atoms with Crippen molar-refractivity contribution >= 4 is 6.09 Å². The van der Waals surface area contributed by atoms with Crippen LogP contribution in [0.4, 0.5) is 9.18 Å². The van der Waals surface area contributed by atoms with Crippen LogP contribution in [-0.4, -0.2) is 49.2 Å². The van der Waals surface area contributed by atoms with E-state index < -0.39 is 5.60 Å². The third-order valence-electron chi connectivity index (χ3n) is 6.25. The number of imidazole rings is 1. The van der Waals surface area contributed by atoms with E-state index in [2.05, 4.69) is 9.55 Å². The molecule has 196 valence electrons. The molecule has 38 heavy (non-hydrogen) atoms. The second kappa shape index (κ2) is 10.6. The van der Waals surface area contributed by atoms with E-state index in [0.717, 1.165) is 24.1 Å². The number of halogens is 1. The summed E-state index contributed by atoms with van der Waals surface area (Å²) in [7, 11) is 0. The molecule has 1 amide bonds. The fourth-order valence-corrected chi connectivity index (χ4v) is 4.48. The third kappa shape index (κ3) is 5.82. The number of hydrogen-bond donors (Lipinski definition) is 0. The van der Waals surface area contributed by atoms with Gasteiger partial charge in [0.1, 0.15) is 17.2 Å². The Morgan fingerprint density at radius 3 is 2.37 bits per heavy atom. The number of rotatable bonds is 5. The second-order valence-corrected chi connectivity index (χ2v) is 10.2. The van der Waals surface area contributed by atoms with Crippen LogP contribution in [0.5, 0.6) is 11.8 Å². The van der Waals surface area contributed by atoms with Crippen molar-refractivity contribution in [1.82, 2.24) is 24.4 Å². The van der Waals surface area contributed by atoms with Gasteiger partial charge in [-0.1, -0.05) is 18.2 Å². The third-order valence-corrected chi connectivity index (χ3v) is 6.25. The number of nitrogens with zero attached hydrogens (tertiary/aromatic N) is 5. The lowest BCUT2D eigenvalue weighted by Gasteiger charge is -2.34. The summed E-state index contributed by atoms with van der Waals surface area (Å²) in [5.41, 5.74) is 2.34. The number of aromatic nitrogens is 4. The van der Waals surface area contributed by atoms with Crippen LogP contribution in [-0.2, 0) is 4.74 Å². The summed E-state index contributed by atoms with van der Waals surface area (Å²) in [6.07, 6.45) is 4.60. The zero-order chi connectivity index (χ0) is 26.7. The number of amides is 1. The zero-order valence-electron chi connectivity index (χ0n) is 21.7. The van der Waals surface area contributed by atoms with Gasteiger partial charge in [-0.25, -0.2) is 19.2 Å². The standard InChI is InChI=1S/C29H30FN5O3/c1-29(2,3)38-28(36)34-17-14-22(15-18-34)35-19-32-25(20-9-11-21(30)12-10-20)26(35)24-13-16-31-27(33-24)37-23-7-5-4-6-8-23/h4-13,16,19,22H,14-15,17-18H2,1-3H3. The monoisotopic (exact) mass is 515 g/mol. The van der Waals surface area contributed by atoms with Crippen LogP contribution in [0.3, 0.4) is 0 Å². The zero-order valence-corrected chi connectivity index (χ0v) is 21.7. The highest BCUT2D eigenvalue weighted by atomic mass is 19.1. The van der Waals surface area contributed by atoms with Crippen LogP contribution in [0, 0.1) is 5.82 Å². The second-order valence-electron chi connectivity index (χ2n) is 10.2. The van der Waals surface area contributed by atoms with Crippen molar-refractivity contribution in [3.63, 3.8) is 0 Å². The summed E-state index contributed by atoms with van der Waals surface area (Å²) >= 11 is 0. The lowest BCUT2D eigenvalue weighted by atomic mass is 10.0. The number of hydrogen-bond acceptors (Lipinski definition) is 6. The molecule has 1 saturated heterocycles. The van der Waals surface area contributed by atoms with E-state index >= 15 is 0 Å². The lowest BCUT2D eigenvalue weighted by Crippen LogP contribution is -2.42. The Hall–Kier alpha value is -4.27. The minimum absolute atomic E-state index is 0.0823. The van der Waals surface area contributed by atoms with E-state index in [1.807, 2.05) is 57.2 Å². The maximum Gasteiger partial charge on any atom is 0.410 e. The Bertz CT molecular complexity index is 1390. The molecule has 0 unspecified atom stereocenters. The number of piperidine rings is 1. The average Bonchev–Trinajstić information content (AvgIpc) is 3.34. The van der Waals surface area contributed by atoms with Crippen molar-refractivity contribution in [1.29, 1.82) is 0 Å². The first-order valence-corrected chi connectivity index (χ1v) is 12.6. The van der Waals surface area contributed by atoms with Gasteiger partial charge >= 0.3 is 12.1 Å². The van der Waals surface area contributed by atoms with Gasteiger partial charge in [0.2, 0.25) is 0 Å². The van der Waals surface area contributed by atoms with Crippen molar-refractivity contribution in [3.05, 3.63) is 79.0 Å². The van der Waals surface area contributed by atoms with Crippen molar-refractivity contribution in [2.24, 2.45) is 0 Å². The molecule has 0 radical (unpaired) electrons. The first kappa shape index (κ1) is 25.4. The van der Waals surface area contributed by atoms with Crippen LogP contribution in [0.1, 0.15) is 39.7 Å². The molecule has 0 bridgehead atoms. The molecule has 4 aromatic rings. The summed E-state index contributed by atoms with van der Waals surface area (Å²) in [5, 5.41) is 0. The maximum absolute atomic E-state index is 13.7. The predicted molar refractivity (Wildman–Crippen MR) is 141 cm³/mol. The van der Waals surface area contributed by atoms with Gasteiger partial charge in [0.05, 0.1) is 23.4 Å².